The molecule has 1 N–H and O–H groups in total. The van der Waals surface area contributed by atoms with Crippen LogP contribution in [0.3, 0.4) is 0 Å². The number of nitro groups is 2. The van der Waals surface area contributed by atoms with E-state index in [4.69, 9.17) is 16.6 Å². The van der Waals surface area contributed by atoms with Crippen LogP contribution >= 0.6 is 11.6 Å². The van der Waals surface area contributed by atoms with Crippen LogP contribution in [0.25, 0.3) is 22.8 Å². The van der Waals surface area contributed by atoms with Crippen LogP contribution in [0.5, 0.6) is 0 Å². The summed E-state index contributed by atoms with van der Waals surface area (Å²) in [5.41, 5.74) is 5.55. The summed E-state index contributed by atoms with van der Waals surface area (Å²) in [5, 5.41) is 36.3. The lowest BCUT2D eigenvalue weighted by atomic mass is 9.83. The van der Waals surface area contributed by atoms with Gasteiger partial charge < -0.3 is 5.32 Å². The number of hydrogen-bond acceptors (Lipinski definition) is 7. The number of fused-ring (bicyclic) bond motifs is 1. The fraction of sp³-hybridized carbons (Fsp3) is 0.103. The first-order valence-corrected chi connectivity index (χ1v) is 12.4. The SMILES string of the molecule is N#Cc1c(Nc2cccc(Cl)c2)nc2c(c1-c1ccc([N+](=O)[O-])cc1)CCC/C2=C\c1ccc([N+](=O)[O-])cc1. The van der Waals surface area contributed by atoms with E-state index in [1.165, 1.54) is 24.3 Å². The summed E-state index contributed by atoms with van der Waals surface area (Å²) in [5.74, 6) is 0.336. The third-order valence-electron chi connectivity index (χ3n) is 6.49. The second-order valence-electron chi connectivity index (χ2n) is 8.96. The largest absolute Gasteiger partial charge is 0.339 e. The van der Waals surface area contributed by atoms with E-state index in [0.29, 0.717) is 45.3 Å². The number of nitro benzene ring substituents is 2. The van der Waals surface area contributed by atoms with Crippen LogP contribution in [0.1, 0.15) is 35.2 Å². The maximum Gasteiger partial charge on any atom is 0.269 e. The Labute approximate surface area is 228 Å². The van der Waals surface area contributed by atoms with Crippen LogP contribution in [0, 0.1) is 31.6 Å². The van der Waals surface area contributed by atoms with Crippen LogP contribution in [-0.4, -0.2) is 14.8 Å². The molecular weight excluding hydrogens is 518 g/mol. The van der Waals surface area contributed by atoms with E-state index in [9.17, 15) is 25.5 Å². The minimum Gasteiger partial charge on any atom is -0.339 e. The highest BCUT2D eigenvalue weighted by Crippen LogP contribution is 2.42. The van der Waals surface area contributed by atoms with Gasteiger partial charge in [0.15, 0.2) is 0 Å². The number of rotatable bonds is 6. The molecule has 0 aliphatic heterocycles. The van der Waals surface area contributed by atoms with Gasteiger partial charge in [-0.05, 0) is 90.1 Å². The molecule has 1 aliphatic carbocycles. The van der Waals surface area contributed by atoms with Gasteiger partial charge in [-0.1, -0.05) is 17.7 Å². The topological polar surface area (TPSA) is 135 Å². The first kappa shape index (κ1) is 25.6. The summed E-state index contributed by atoms with van der Waals surface area (Å²) in [4.78, 5) is 26.3. The molecule has 1 aromatic heterocycles. The second kappa shape index (κ2) is 10.7. The Hall–Kier alpha value is -5.07. The smallest absolute Gasteiger partial charge is 0.269 e. The zero-order valence-electron chi connectivity index (χ0n) is 20.4. The molecule has 0 spiro atoms. The molecule has 1 aliphatic rings. The van der Waals surface area contributed by atoms with Crippen molar-refractivity contribution in [3.05, 3.63) is 120 Å². The summed E-state index contributed by atoms with van der Waals surface area (Å²) in [6.45, 7) is 0. The Morgan fingerprint density at radius 1 is 0.949 bits per heavy atom. The molecule has 0 radical (unpaired) electrons. The second-order valence-corrected chi connectivity index (χ2v) is 9.40. The maximum atomic E-state index is 11.2. The van der Waals surface area contributed by atoms with Crippen molar-refractivity contribution in [2.24, 2.45) is 0 Å². The van der Waals surface area contributed by atoms with Gasteiger partial charge in [-0.2, -0.15) is 5.26 Å². The molecule has 3 aromatic carbocycles. The van der Waals surface area contributed by atoms with E-state index < -0.39 is 9.85 Å². The molecule has 1 heterocycles. The highest BCUT2D eigenvalue weighted by atomic mass is 35.5. The van der Waals surface area contributed by atoms with Crippen molar-refractivity contribution in [3.8, 4) is 17.2 Å². The number of hydrogen-bond donors (Lipinski definition) is 1. The van der Waals surface area contributed by atoms with Gasteiger partial charge in [-0.15, -0.1) is 0 Å². The molecule has 39 heavy (non-hydrogen) atoms. The number of nitrogens with one attached hydrogen (secondary N) is 1. The van der Waals surface area contributed by atoms with Crippen molar-refractivity contribution in [2.45, 2.75) is 19.3 Å². The third-order valence-corrected chi connectivity index (χ3v) is 6.72. The maximum absolute atomic E-state index is 11.2. The number of allylic oxidation sites excluding steroid dienone is 1. The summed E-state index contributed by atoms with van der Waals surface area (Å²) in [6, 6.07) is 21.8. The molecule has 192 valence electrons. The standard InChI is InChI=1S/C29H20ClN5O4/c30-21-4-2-5-22(16-21)32-29-26(17-31)27(19-9-13-24(14-10-19)35(38)39)25-6-1-3-20(28(25)33-29)15-18-7-11-23(12-8-18)34(36)37/h2,4-5,7-16H,1,3,6H2,(H,32,33)/b20-15+. The van der Waals surface area contributed by atoms with Gasteiger partial charge in [0, 0.05) is 40.5 Å². The van der Waals surface area contributed by atoms with Crippen molar-refractivity contribution in [1.82, 2.24) is 4.98 Å². The van der Waals surface area contributed by atoms with E-state index in [0.717, 1.165) is 29.5 Å². The van der Waals surface area contributed by atoms with Gasteiger partial charge in [-0.3, -0.25) is 20.2 Å². The number of nitriles is 1. The first-order valence-electron chi connectivity index (χ1n) is 12.0. The Bertz CT molecular complexity index is 1680. The summed E-state index contributed by atoms with van der Waals surface area (Å²) < 4.78 is 0. The molecule has 0 bridgehead atoms. The summed E-state index contributed by atoms with van der Waals surface area (Å²) in [6.07, 6.45) is 4.14. The number of nitrogens with zero attached hydrogens (tertiary/aromatic N) is 4. The highest BCUT2D eigenvalue weighted by Gasteiger charge is 2.26. The number of anilines is 2. The van der Waals surface area contributed by atoms with E-state index in [2.05, 4.69) is 11.4 Å². The third kappa shape index (κ3) is 5.32. The Kier molecular flexibility index (Phi) is 7.04. The lowest BCUT2D eigenvalue weighted by Gasteiger charge is -2.24. The van der Waals surface area contributed by atoms with Crippen LogP contribution in [0.4, 0.5) is 22.9 Å². The van der Waals surface area contributed by atoms with Gasteiger partial charge in [0.05, 0.1) is 15.5 Å². The van der Waals surface area contributed by atoms with Gasteiger partial charge in [-0.25, -0.2) is 4.98 Å². The van der Waals surface area contributed by atoms with Crippen molar-refractivity contribution in [2.75, 3.05) is 5.32 Å². The lowest BCUT2D eigenvalue weighted by molar-refractivity contribution is -0.385. The van der Waals surface area contributed by atoms with E-state index in [1.807, 2.05) is 12.1 Å². The van der Waals surface area contributed by atoms with Crippen molar-refractivity contribution in [3.63, 3.8) is 0 Å². The normalized spacial score (nSPS) is 13.4. The predicted molar refractivity (Wildman–Crippen MR) is 150 cm³/mol. The minimum absolute atomic E-state index is 0.00597. The Morgan fingerprint density at radius 3 is 2.23 bits per heavy atom. The van der Waals surface area contributed by atoms with Crippen molar-refractivity contribution >= 4 is 46.1 Å². The molecule has 4 aromatic rings. The molecular formula is C29H20ClN5O4. The van der Waals surface area contributed by atoms with Crippen LogP contribution < -0.4 is 5.32 Å². The number of pyridine rings is 1. The van der Waals surface area contributed by atoms with E-state index >= 15 is 0 Å². The zero-order valence-corrected chi connectivity index (χ0v) is 21.2. The van der Waals surface area contributed by atoms with Gasteiger partial charge in [0.1, 0.15) is 17.5 Å². The lowest BCUT2D eigenvalue weighted by Crippen LogP contribution is -2.11. The highest BCUT2D eigenvalue weighted by molar-refractivity contribution is 6.30. The van der Waals surface area contributed by atoms with E-state index in [1.54, 1.807) is 42.5 Å². The van der Waals surface area contributed by atoms with Gasteiger partial charge in [0.2, 0.25) is 0 Å². The van der Waals surface area contributed by atoms with Crippen molar-refractivity contribution < 1.29 is 9.85 Å². The zero-order chi connectivity index (χ0) is 27.5. The molecule has 10 heteroatoms. The summed E-state index contributed by atoms with van der Waals surface area (Å²) in [7, 11) is 0. The number of benzene rings is 3. The fourth-order valence-electron chi connectivity index (χ4n) is 4.71. The Balaban J connectivity index is 1.71. The fourth-order valence-corrected chi connectivity index (χ4v) is 4.90. The monoisotopic (exact) mass is 537 g/mol. The van der Waals surface area contributed by atoms with Crippen LogP contribution in [0.15, 0.2) is 72.8 Å². The molecule has 0 unspecified atom stereocenters. The van der Waals surface area contributed by atoms with Crippen molar-refractivity contribution in [1.29, 1.82) is 5.26 Å². The Morgan fingerprint density at radius 2 is 1.62 bits per heavy atom. The number of aromatic nitrogens is 1. The summed E-state index contributed by atoms with van der Waals surface area (Å²) >= 11 is 6.18. The molecule has 0 fully saturated rings. The first-order chi connectivity index (χ1) is 18.8. The number of non-ortho nitro benzene ring substituents is 2. The predicted octanol–water partition coefficient (Wildman–Crippen LogP) is 7.71. The van der Waals surface area contributed by atoms with Crippen LogP contribution in [-0.2, 0) is 6.42 Å². The molecule has 0 saturated heterocycles. The number of halogens is 1. The van der Waals surface area contributed by atoms with Gasteiger partial charge in [0.25, 0.3) is 11.4 Å². The van der Waals surface area contributed by atoms with E-state index in [-0.39, 0.29) is 11.4 Å². The minimum atomic E-state index is -0.464. The molecule has 0 amide bonds. The average molecular weight is 538 g/mol. The van der Waals surface area contributed by atoms with Crippen LogP contribution in [0.2, 0.25) is 5.02 Å². The van der Waals surface area contributed by atoms with Gasteiger partial charge >= 0.3 is 0 Å². The average Bonchev–Trinajstić information content (AvgIpc) is 2.93. The molecule has 0 saturated carbocycles. The molecule has 5 rings (SSSR count). The molecule has 9 nitrogen and oxygen atoms in total. The quantitative estimate of drug-likeness (QED) is 0.196. The molecule has 0 atom stereocenters.